The highest BCUT2D eigenvalue weighted by Gasteiger charge is 2.20. The first kappa shape index (κ1) is 23.1. The average Bonchev–Trinajstić information content (AvgIpc) is 3.27. The molecule has 1 unspecified atom stereocenters. The zero-order chi connectivity index (χ0) is 22.4. The Balaban J connectivity index is 1.73. The molecular weight excluding hydrogens is 430 g/mol. The van der Waals surface area contributed by atoms with Crippen molar-refractivity contribution in [3.05, 3.63) is 87.6 Å². The van der Waals surface area contributed by atoms with Gasteiger partial charge in [-0.1, -0.05) is 42.5 Å². The lowest BCUT2D eigenvalue weighted by Crippen LogP contribution is -2.34. The third-order valence-corrected chi connectivity index (χ3v) is 7.40. The molecule has 164 valence electrons. The molecule has 0 bridgehead atoms. The Morgan fingerprint density at radius 2 is 1.81 bits per heavy atom. The van der Waals surface area contributed by atoms with Gasteiger partial charge in [-0.25, -0.2) is 13.1 Å². The minimum Gasteiger partial charge on any atom is -0.350 e. The van der Waals surface area contributed by atoms with Crippen LogP contribution in [-0.2, 0) is 16.6 Å². The SMILES string of the molecule is Cc1ccc(S(=O)(=O)NCc2ccccc2)cc1C(=O)NCC(c1cccs1)N(C)C. The number of hydrogen-bond donors (Lipinski definition) is 2. The fraction of sp³-hybridized carbons (Fsp3) is 0.261. The second-order valence-corrected chi connectivity index (χ2v) is 10.2. The summed E-state index contributed by atoms with van der Waals surface area (Å²) in [6.07, 6.45) is 0. The maximum absolute atomic E-state index is 12.9. The molecule has 0 saturated heterocycles. The Labute approximate surface area is 188 Å². The number of hydrogen-bond acceptors (Lipinski definition) is 5. The summed E-state index contributed by atoms with van der Waals surface area (Å²) >= 11 is 1.64. The Morgan fingerprint density at radius 3 is 2.45 bits per heavy atom. The lowest BCUT2D eigenvalue weighted by molar-refractivity contribution is 0.0941. The van der Waals surface area contributed by atoms with Gasteiger partial charge in [0.1, 0.15) is 0 Å². The number of rotatable bonds is 9. The first-order valence-electron chi connectivity index (χ1n) is 9.90. The van der Waals surface area contributed by atoms with Crippen molar-refractivity contribution < 1.29 is 13.2 Å². The summed E-state index contributed by atoms with van der Waals surface area (Å²) in [5, 5.41) is 4.97. The lowest BCUT2D eigenvalue weighted by atomic mass is 10.1. The molecule has 1 aromatic heterocycles. The highest BCUT2D eigenvalue weighted by molar-refractivity contribution is 7.89. The van der Waals surface area contributed by atoms with Gasteiger partial charge in [-0.15, -0.1) is 11.3 Å². The molecule has 0 aliphatic heterocycles. The minimum atomic E-state index is -3.75. The largest absolute Gasteiger partial charge is 0.350 e. The van der Waals surface area contributed by atoms with Gasteiger partial charge in [0.25, 0.3) is 5.91 Å². The number of aryl methyl sites for hydroxylation is 1. The quantitative estimate of drug-likeness (QED) is 0.515. The molecular formula is C23H27N3O3S2. The van der Waals surface area contributed by atoms with E-state index in [2.05, 4.69) is 10.0 Å². The number of benzene rings is 2. The van der Waals surface area contributed by atoms with Crippen LogP contribution >= 0.6 is 11.3 Å². The molecule has 6 nitrogen and oxygen atoms in total. The minimum absolute atomic E-state index is 0.0451. The predicted octanol–water partition coefficient (Wildman–Crippen LogP) is 3.57. The number of amides is 1. The number of carbonyl (C=O) groups excluding carboxylic acids is 1. The van der Waals surface area contributed by atoms with E-state index >= 15 is 0 Å². The van der Waals surface area contributed by atoms with Gasteiger partial charge in [-0.05, 0) is 55.7 Å². The standard InChI is InChI=1S/C23H27N3O3S2/c1-17-11-12-19(31(28,29)25-15-18-8-5-4-6-9-18)14-20(17)23(27)24-16-21(26(2)3)22-10-7-13-30-22/h4-14,21,25H,15-16H2,1-3H3,(H,24,27). The molecule has 1 atom stereocenters. The molecule has 2 aromatic carbocycles. The molecule has 0 aliphatic carbocycles. The molecule has 3 rings (SSSR count). The monoisotopic (exact) mass is 457 g/mol. The molecule has 0 spiro atoms. The van der Waals surface area contributed by atoms with E-state index in [0.717, 1.165) is 16.0 Å². The molecule has 1 heterocycles. The topological polar surface area (TPSA) is 78.5 Å². The van der Waals surface area contributed by atoms with Crippen molar-refractivity contribution in [1.82, 2.24) is 14.9 Å². The van der Waals surface area contributed by atoms with E-state index in [1.165, 1.54) is 12.1 Å². The van der Waals surface area contributed by atoms with Crippen LogP contribution in [0.5, 0.6) is 0 Å². The van der Waals surface area contributed by atoms with E-state index in [4.69, 9.17) is 0 Å². The normalized spacial score (nSPS) is 12.6. The van der Waals surface area contributed by atoms with Gasteiger partial charge < -0.3 is 10.2 Å². The van der Waals surface area contributed by atoms with E-state index in [1.54, 1.807) is 24.3 Å². The van der Waals surface area contributed by atoms with Gasteiger partial charge in [0, 0.05) is 23.5 Å². The Bertz CT molecular complexity index is 1110. The van der Waals surface area contributed by atoms with Crippen molar-refractivity contribution in [3.8, 4) is 0 Å². The van der Waals surface area contributed by atoms with Crippen LogP contribution in [0, 0.1) is 6.92 Å². The van der Waals surface area contributed by atoms with Gasteiger partial charge >= 0.3 is 0 Å². The van der Waals surface area contributed by atoms with Crippen molar-refractivity contribution in [2.75, 3.05) is 20.6 Å². The van der Waals surface area contributed by atoms with Crippen LogP contribution in [-0.4, -0.2) is 39.9 Å². The fourth-order valence-electron chi connectivity index (χ4n) is 3.17. The van der Waals surface area contributed by atoms with Gasteiger partial charge in [-0.3, -0.25) is 4.79 Å². The lowest BCUT2D eigenvalue weighted by Gasteiger charge is -2.23. The number of likely N-dealkylation sites (N-methyl/N-ethyl adjacent to an activating group) is 1. The van der Waals surface area contributed by atoms with Crippen molar-refractivity contribution in [2.24, 2.45) is 0 Å². The van der Waals surface area contributed by atoms with Gasteiger partial charge in [-0.2, -0.15) is 0 Å². The Kier molecular flexibility index (Phi) is 7.61. The van der Waals surface area contributed by atoms with Gasteiger partial charge in [0.2, 0.25) is 10.0 Å². The second kappa shape index (κ2) is 10.2. The van der Waals surface area contributed by atoms with Crippen LogP contribution < -0.4 is 10.0 Å². The fourth-order valence-corrected chi connectivity index (χ4v) is 5.14. The summed E-state index contributed by atoms with van der Waals surface area (Å²) in [6.45, 7) is 2.41. The molecule has 0 aliphatic rings. The number of thiophene rings is 1. The van der Waals surface area contributed by atoms with E-state index in [-0.39, 0.29) is 23.4 Å². The van der Waals surface area contributed by atoms with Crippen molar-refractivity contribution in [1.29, 1.82) is 0 Å². The summed E-state index contributed by atoms with van der Waals surface area (Å²) in [6, 6.07) is 18.0. The first-order valence-corrected chi connectivity index (χ1v) is 12.3. The Morgan fingerprint density at radius 1 is 1.06 bits per heavy atom. The number of nitrogens with zero attached hydrogens (tertiary/aromatic N) is 1. The molecule has 8 heteroatoms. The molecule has 0 radical (unpaired) electrons. The van der Waals surface area contributed by atoms with E-state index in [1.807, 2.05) is 66.8 Å². The molecule has 2 N–H and O–H groups in total. The third-order valence-electron chi connectivity index (χ3n) is 5.02. The van der Waals surface area contributed by atoms with Crippen molar-refractivity contribution in [3.63, 3.8) is 0 Å². The van der Waals surface area contributed by atoms with E-state index in [0.29, 0.717) is 12.1 Å². The van der Waals surface area contributed by atoms with Crippen LogP contribution in [0.15, 0.2) is 70.9 Å². The summed E-state index contributed by atoms with van der Waals surface area (Å²) in [5.41, 5.74) is 1.93. The average molecular weight is 458 g/mol. The van der Waals surface area contributed by atoms with Crippen LogP contribution in [0.3, 0.4) is 0 Å². The van der Waals surface area contributed by atoms with Crippen LogP contribution in [0.2, 0.25) is 0 Å². The molecule has 1 amide bonds. The highest BCUT2D eigenvalue weighted by Crippen LogP contribution is 2.23. The maximum Gasteiger partial charge on any atom is 0.251 e. The van der Waals surface area contributed by atoms with Gasteiger partial charge in [0.05, 0.1) is 10.9 Å². The van der Waals surface area contributed by atoms with Crippen molar-refractivity contribution in [2.45, 2.75) is 24.4 Å². The number of nitrogens with one attached hydrogen (secondary N) is 2. The third kappa shape index (κ3) is 6.01. The zero-order valence-electron chi connectivity index (χ0n) is 17.8. The zero-order valence-corrected chi connectivity index (χ0v) is 19.5. The highest BCUT2D eigenvalue weighted by atomic mass is 32.2. The van der Waals surface area contributed by atoms with Gasteiger partial charge in [0.15, 0.2) is 0 Å². The molecule has 0 saturated carbocycles. The number of carbonyl (C=O) groups is 1. The maximum atomic E-state index is 12.9. The van der Waals surface area contributed by atoms with E-state index < -0.39 is 10.0 Å². The van der Waals surface area contributed by atoms with Crippen molar-refractivity contribution >= 4 is 27.3 Å². The summed E-state index contributed by atoms with van der Waals surface area (Å²) in [7, 11) is 0.183. The smallest absolute Gasteiger partial charge is 0.251 e. The second-order valence-electron chi connectivity index (χ2n) is 7.49. The first-order chi connectivity index (χ1) is 14.8. The molecule has 0 fully saturated rings. The van der Waals surface area contributed by atoms with E-state index in [9.17, 15) is 13.2 Å². The van der Waals surface area contributed by atoms with Crippen LogP contribution in [0.1, 0.15) is 32.4 Å². The Hall–Kier alpha value is -2.52. The molecule has 3 aromatic rings. The predicted molar refractivity (Wildman–Crippen MR) is 125 cm³/mol. The summed E-state index contributed by atoms with van der Waals surface area (Å²) in [5.74, 6) is -0.291. The summed E-state index contributed by atoms with van der Waals surface area (Å²) in [4.78, 5) is 16.2. The van der Waals surface area contributed by atoms with Crippen LogP contribution in [0.25, 0.3) is 0 Å². The van der Waals surface area contributed by atoms with Crippen LogP contribution in [0.4, 0.5) is 0 Å². The number of sulfonamides is 1. The molecule has 31 heavy (non-hydrogen) atoms. The summed E-state index contributed by atoms with van der Waals surface area (Å²) < 4.78 is 28.1.